The number of halogens is 1. The Morgan fingerprint density at radius 1 is 1.03 bits per heavy atom. The van der Waals surface area contributed by atoms with Crippen LogP contribution in [0.3, 0.4) is 0 Å². The number of amides is 2. The lowest BCUT2D eigenvalue weighted by atomic mass is 9.96. The molecule has 0 spiro atoms. The number of rotatable bonds is 3. The van der Waals surface area contributed by atoms with Crippen molar-refractivity contribution < 1.29 is 14.0 Å². The molecule has 0 bridgehead atoms. The Labute approximate surface area is 192 Å². The zero-order valence-electron chi connectivity index (χ0n) is 18.8. The number of nitrogens with one attached hydrogen (secondary N) is 1. The lowest BCUT2D eigenvalue weighted by Crippen LogP contribution is -2.40. The lowest BCUT2D eigenvalue weighted by Gasteiger charge is -2.32. The van der Waals surface area contributed by atoms with Crippen LogP contribution in [-0.2, 0) is 0 Å². The topological polar surface area (TPSA) is 82.2 Å². The van der Waals surface area contributed by atoms with Crippen molar-refractivity contribution in [2.24, 2.45) is 0 Å². The van der Waals surface area contributed by atoms with Crippen LogP contribution in [0.5, 0.6) is 0 Å². The standard InChI is InChI=1S/C25H28FN5O2/c1-16-20(24(32)30-9-3-2-4-10-30)14-27-23(28-16)18-6-5-11-31(15-18)25(33)22-12-17-7-8-19(26)13-21(17)29-22/h7-8,12-14,18,29H,2-6,9-11,15H2,1H3/t18-/m1/s1. The summed E-state index contributed by atoms with van der Waals surface area (Å²) in [6, 6.07) is 6.22. The van der Waals surface area contributed by atoms with E-state index in [1.807, 2.05) is 11.8 Å². The summed E-state index contributed by atoms with van der Waals surface area (Å²) < 4.78 is 13.5. The minimum atomic E-state index is -0.337. The van der Waals surface area contributed by atoms with Crippen LogP contribution in [0.15, 0.2) is 30.5 Å². The van der Waals surface area contributed by atoms with Crippen molar-refractivity contribution in [1.82, 2.24) is 24.8 Å². The second-order valence-electron chi connectivity index (χ2n) is 9.09. The summed E-state index contributed by atoms with van der Waals surface area (Å²) in [5.41, 5.74) is 2.32. The van der Waals surface area contributed by atoms with Crippen LogP contribution in [-0.4, -0.2) is 62.7 Å². The molecule has 5 rings (SSSR count). The third-order valence-corrected chi connectivity index (χ3v) is 6.76. The van der Waals surface area contributed by atoms with Gasteiger partial charge in [0, 0.05) is 49.2 Å². The van der Waals surface area contributed by atoms with Gasteiger partial charge in [-0.1, -0.05) is 0 Å². The predicted octanol–water partition coefficient (Wildman–Crippen LogP) is 4.05. The van der Waals surface area contributed by atoms with Crippen LogP contribution in [0.4, 0.5) is 4.39 Å². The molecule has 4 heterocycles. The summed E-state index contributed by atoms with van der Waals surface area (Å²) in [5, 5.41) is 0.807. The molecule has 1 N–H and O–H groups in total. The first-order valence-corrected chi connectivity index (χ1v) is 11.7. The molecule has 2 aliphatic heterocycles. The third kappa shape index (κ3) is 4.34. The van der Waals surface area contributed by atoms with Crippen molar-refractivity contribution in [3.63, 3.8) is 0 Å². The van der Waals surface area contributed by atoms with Gasteiger partial charge in [-0.3, -0.25) is 9.59 Å². The van der Waals surface area contributed by atoms with Gasteiger partial charge in [-0.25, -0.2) is 14.4 Å². The van der Waals surface area contributed by atoms with E-state index in [-0.39, 0.29) is 23.5 Å². The summed E-state index contributed by atoms with van der Waals surface area (Å²) in [6.45, 7) is 4.61. The van der Waals surface area contributed by atoms with E-state index in [1.165, 1.54) is 18.6 Å². The number of fused-ring (bicyclic) bond motifs is 1. The Morgan fingerprint density at radius 3 is 2.61 bits per heavy atom. The van der Waals surface area contributed by atoms with Gasteiger partial charge < -0.3 is 14.8 Å². The molecular weight excluding hydrogens is 421 g/mol. The highest BCUT2D eigenvalue weighted by molar-refractivity contribution is 5.98. The summed E-state index contributed by atoms with van der Waals surface area (Å²) in [5.74, 6) is 0.261. The number of hydrogen-bond donors (Lipinski definition) is 1. The first kappa shape index (κ1) is 21.6. The van der Waals surface area contributed by atoms with E-state index in [4.69, 9.17) is 0 Å². The molecule has 33 heavy (non-hydrogen) atoms. The van der Waals surface area contributed by atoms with Crippen LogP contribution >= 0.6 is 0 Å². The molecule has 1 atom stereocenters. The van der Waals surface area contributed by atoms with E-state index < -0.39 is 0 Å². The summed E-state index contributed by atoms with van der Waals surface area (Å²) in [4.78, 5) is 42.0. The zero-order valence-corrected chi connectivity index (χ0v) is 18.8. The molecule has 2 aliphatic rings. The van der Waals surface area contributed by atoms with Gasteiger partial charge in [-0.05, 0) is 63.3 Å². The molecule has 8 heteroatoms. The molecule has 2 aromatic heterocycles. The average Bonchev–Trinajstić information content (AvgIpc) is 3.27. The van der Waals surface area contributed by atoms with Crippen molar-refractivity contribution in [3.05, 3.63) is 59.1 Å². The van der Waals surface area contributed by atoms with Gasteiger partial charge in [0.2, 0.25) is 0 Å². The Morgan fingerprint density at radius 2 is 1.82 bits per heavy atom. The molecule has 2 saturated heterocycles. The van der Waals surface area contributed by atoms with Crippen LogP contribution in [0.1, 0.15) is 70.4 Å². The number of aromatic amines is 1. The van der Waals surface area contributed by atoms with E-state index in [2.05, 4.69) is 15.0 Å². The fourth-order valence-electron chi connectivity index (χ4n) is 4.92. The van der Waals surface area contributed by atoms with E-state index >= 15 is 0 Å². The lowest BCUT2D eigenvalue weighted by molar-refractivity contribution is 0.0699. The van der Waals surface area contributed by atoms with Crippen LogP contribution in [0.25, 0.3) is 10.9 Å². The van der Waals surface area contributed by atoms with Crippen LogP contribution < -0.4 is 0 Å². The van der Waals surface area contributed by atoms with Gasteiger partial charge in [-0.2, -0.15) is 0 Å². The Bertz CT molecular complexity index is 1200. The molecule has 0 radical (unpaired) electrons. The van der Waals surface area contributed by atoms with Crippen molar-refractivity contribution in [2.45, 2.75) is 44.9 Å². The monoisotopic (exact) mass is 449 g/mol. The van der Waals surface area contributed by atoms with E-state index in [1.54, 1.807) is 23.2 Å². The molecule has 0 saturated carbocycles. The largest absolute Gasteiger partial charge is 0.350 e. The predicted molar refractivity (Wildman–Crippen MR) is 123 cm³/mol. The number of likely N-dealkylation sites (tertiary alicyclic amines) is 2. The molecule has 172 valence electrons. The minimum Gasteiger partial charge on any atom is -0.350 e. The minimum absolute atomic E-state index is 0.00875. The van der Waals surface area contributed by atoms with Gasteiger partial charge in [-0.15, -0.1) is 0 Å². The quantitative estimate of drug-likeness (QED) is 0.654. The number of carbonyl (C=O) groups excluding carboxylic acids is 2. The van der Waals surface area contributed by atoms with Gasteiger partial charge >= 0.3 is 0 Å². The maximum Gasteiger partial charge on any atom is 0.270 e. The molecule has 7 nitrogen and oxygen atoms in total. The number of carbonyl (C=O) groups is 2. The molecule has 3 aromatic rings. The van der Waals surface area contributed by atoms with Crippen molar-refractivity contribution >= 4 is 22.7 Å². The van der Waals surface area contributed by atoms with E-state index in [0.717, 1.165) is 44.2 Å². The Balaban J connectivity index is 1.31. The fourth-order valence-corrected chi connectivity index (χ4v) is 4.92. The van der Waals surface area contributed by atoms with Gasteiger partial charge in [0.05, 0.1) is 11.3 Å². The van der Waals surface area contributed by atoms with Crippen molar-refractivity contribution in [3.8, 4) is 0 Å². The molecule has 0 unspecified atom stereocenters. The smallest absolute Gasteiger partial charge is 0.270 e. The van der Waals surface area contributed by atoms with Crippen LogP contribution in [0, 0.1) is 12.7 Å². The fraction of sp³-hybridized carbons (Fsp3) is 0.440. The first-order chi connectivity index (χ1) is 16.0. The third-order valence-electron chi connectivity index (χ3n) is 6.76. The normalized spacial score (nSPS) is 19.2. The van der Waals surface area contributed by atoms with Crippen LogP contribution in [0.2, 0.25) is 0 Å². The first-order valence-electron chi connectivity index (χ1n) is 11.7. The maximum absolute atomic E-state index is 13.5. The van der Waals surface area contributed by atoms with E-state index in [0.29, 0.717) is 41.4 Å². The molecule has 2 fully saturated rings. The van der Waals surface area contributed by atoms with E-state index in [9.17, 15) is 14.0 Å². The number of aromatic nitrogens is 3. The van der Waals surface area contributed by atoms with Crippen molar-refractivity contribution in [2.75, 3.05) is 26.2 Å². The Hall–Kier alpha value is -3.29. The summed E-state index contributed by atoms with van der Waals surface area (Å²) in [7, 11) is 0. The number of aryl methyl sites for hydroxylation is 1. The molecular formula is C25H28FN5O2. The molecule has 1 aromatic carbocycles. The van der Waals surface area contributed by atoms with Gasteiger partial charge in [0.15, 0.2) is 0 Å². The maximum atomic E-state index is 13.5. The van der Waals surface area contributed by atoms with Gasteiger partial charge in [0.25, 0.3) is 11.8 Å². The SMILES string of the molecule is Cc1nc([C@@H]2CCCN(C(=O)c3cc4ccc(F)cc4[nH]3)C2)ncc1C(=O)N1CCCCC1. The number of piperidine rings is 2. The highest BCUT2D eigenvalue weighted by Crippen LogP contribution is 2.27. The summed E-state index contributed by atoms with van der Waals surface area (Å²) >= 11 is 0. The molecule has 2 amide bonds. The van der Waals surface area contributed by atoms with Crippen molar-refractivity contribution in [1.29, 1.82) is 0 Å². The number of hydrogen-bond acceptors (Lipinski definition) is 4. The number of nitrogens with zero attached hydrogens (tertiary/aromatic N) is 4. The number of H-pyrrole nitrogens is 1. The number of benzene rings is 1. The molecule has 0 aliphatic carbocycles. The Kier molecular flexibility index (Phi) is 5.83. The second-order valence-corrected chi connectivity index (χ2v) is 9.09. The highest BCUT2D eigenvalue weighted by Gasteiger charge is 2.29. The second kappa shape index (κ2) is 8.92. The summed E-state index contributed by atoms with van der Waals surface area (Å²) in [6.07, 6.45) is 6.65. The highest BCUT2D eigenvalue weighted by atomic mass is 19.1. The van der Waals surface area contributed by atoms with Gasteiger partial charge in [0.1, 0.15) is 17.3 Å². The average molecular weight is 450 g/mol. The zero-order chi connectivity index (χ0) is 22.9.